The van der Waals surface area contributed by atoms with Gasteiger partial charge in [-0.05, 0) is 59.7 Å². The van der Waals surface area contributed by atoms with Crippen molar-refractivity contribution in [1.82, 2.24) is 10.6 Å². The monoisotopic (exact) mass is 675 g/mol. The molecule has 0 aliphatic rings. The Balaban J connectivity index is 1.47. The highest BCUT2D eigenvalue weighted by molar-refractivity contribution is 5.99. The molecule has 9 heteroatoms. The van der Waals surface area contributed by atoms with Gasteiger partial charge in [-0.25, -0.2) is 0 Å². The standard InChI is InChI=1S/C41H45N3O6/c1-3-13-33(26-38(46)42-36(27-45)24-30-17-9-6-10-18-30)39(47)44-37(40(48)43-35-22-21-31-19-11-12-20-32(31)25-35)28-50-41(49)34(14-4-2)23-29-15-7-5-8-16-29/h3-12,15-22,25,33-34,36-37,45H,1-2,13-14,23-24,26-28H2,(H,42,46)(H,43,48)(H,44,47)/t33-,34+,36-,37+/m1/s1. The summed E-state index contributed by atoms with van der Waals surface area (Å²) in [6.07, 6.45) is 4.32. The van der Waals surface area contributed by atoms with Crippen LogP contribution in [0.15, 0.2) is 128 Å². The van der Waals surface area contributed by atoms with E-state index >= 15 is 0 Å². The predicted molar refractivity (Wildman–Crippen MR) is 196 cm³/mol. The normalized spacial score (nSPS) is 13.2. The first-order chi connectivity index (χ1) is 24.3. The molecule has 0 fully saturated rings. The highest BCUT2D eigenvalue weighted by Crippen LogP contribution is 2.20. The molecule has 0 aliphatic carbocycles. The van der Waals surface area contributed by atoms with Crippen molar-refractivity contribution >= 4 is 40.2 Å². The Morgan fingerprint density at radius 3 is 1.94 bits per heavy atom. The Labute approximate surface area is 293 Å². The molecule has 0 spiro atoms. The van der Waals surface area contributed by atoms with E-state index in [1.165, 1.54) is 6.08 Å². The summed E-state index contributed by atoms with van der Waals surface area (Å²) in [5.74, 6) is -3.54. The van der Waals surface area contributed by atoms with Crippen LogP contribution >= 0.6 is 0 Å². The minimum atomic E-state index is -1.27. The second-order valence-corrected chi connectivity index (χ2v) is 12.2. The summed E-state index contributed by atoms with van der Waals surface area (Å²) < 4.78 is 5.68. The molecule has 0 aliphatic heterocycles. The van der Waals surface area contributed by atoms with Crippen LogP contribution < -0.4 is 16.0 Å². The van der Waals surface area contributed by atoms with Crippen molar-refractivity contribution in [2.75, 3.05) is 18.5 Å². The summed E-state index contributed by atoms with van der Waals surface area (Å²) in [6, 6.07) is 30.3. The molecule has 0 saturated carbocycles. The number of anilines is 1. The van der Waals surface area contributed by atoms with E-state index in [0.717, 1.165) is 21.9 Å². The van der Waals surface area contributed by atoms with Crippen LogP contribution in [0.5, 0.6) is 0 Å². The molecule has 50 heavy (non-hydrogen) atoms. The fourth-order valence-corrected chi connectivity index (χ4v) is 5.67. The molecule has 4 atom stereocenters. The zero-order valence-corrected chi connectivity index (χ0v) is 28.1. The number of fused-ring (bicyclic) bond motifs is 1. The van der Waals surface area contributed by atoms with Crippen LogP contribution in [0.4, 0.5) is 5.69 Å². The van der Waals surface area contributed by atoms with E-state index in [1.807, 2.05) is 97.1 Å². The third-order valence-corrected chi connectivity index (χ3v) is 8.32. The summed E-state index contributed by atoms with van der Waals surface area (Å²) in [4.78, 5) is 53.7. The number of esters is 1. The smallest absolute Gasteiger partial charge is 0.309 e. The number of aliphatic hydroxyl groups is 1. The minimum absolute atomic E-state index is 0.152. The van der Waals surface area contributed by atoms with Gasteiger partial charge in [0.25, 0.3) is 5.91 Å². The Bertz CT molecular complexity index is 1740. The first kappa shape index (κ1) is 37.3. The molecule has 9 nitrogen and oxygen atoms in total. The molecule has 4 rings (SSSR count). The van der Waals surface area contributed by atoms with Crippen LogP contribution in [-0.2, 0) is 36.8 Å². The molecular weight excluding hydrogens is 630 g/mol. The van der Waals surface area contributed by atoms with Crippen LogP contribution in [0.2, 0.25) is 0 Å². The first-order valence-electron chi connectivity index (χ1n) is 16.8. The summed E-state index contributed by atoms with van der Waals surface area (Å²) in [7, 11) is 0. The summed E-state index contributed by atoms with van der Waals surface area (Å²) in [6.45, 7) is 6.81. The molecule has 4 N–H and O–H groups in total. The van der Waals surface area contributed by atoms with Crippen molar-refractivity contribution in [2.45, 2.75) is 44.2 Å². The van der Waals surface area contributed by atoms with E-state index in [0.29, 0.717) is 24.9 Å². The van der Waals surface area contributed by atoms with Crippen molar-refractivity contribution in [3.05, 3.63) is 140 Å². The lowest BCUT2D eigenvalue weighted by atomic mass is 9.96. The van der Waals surface area contributed by atoms with Gasteiger partial charge in [0.05, 0.1) is 24.5 Å². The largest absolute Gasteiger partial charge is 0.463 e. The van der Waals surface area contributed by atoms with E-state index in [-0.39, 0.29) is 19.4 Å². The Kier molecular flexibility index (Phi) is 14.5. The highest BCUT2D eigenvalue weighted by Gasteiger charge is 2.30. The highest BCUT2D eigenvalue weighted by atomic mass is 16.5. The number of benzene rings is 4. The molecular formula is C41H45N3O6. The minimum Gasteiger partial charge on any atom is -0.463 e. The van der Waals surface area contributed by atoms with Gasteiger partial charge < -0.3 is 25.8 Å². The van der Waals surface area contributed by atoms with Gasteiger partial charge in [-0.2, -0.15) is 0 Å². The van der Waals surface area contributed by atoms with Gasteiger partial charge in [0.15, 0.2) is 0 Å². The third kappa shape index (κ3) is 11.6. The number of carbonyl (C=O) groups excluding carboxylic acids is 4. The first-order valence-corrected chi connectivity index (χ1v) is 16.8. The van der Waals surface area contributed by atoms with Crippen molar-refractivity contribution < 1.29 is 29.0 Å². The SMILES string of the molecule is C=CC[C@H](CC(=O)N[C@@H](CO)Cc1ccccc1)C(=O)N[C@@H](COC(=O)[C@@H](CC=C)Cc1ccccc1)C(=O)Nc1ccc2ccccc2c1. The fourth-order valence-electron chi connectivity index (χ4n) is 5.67. The molecule has 0 saturated heterocycles. The van der Waals surface area contributed by atoms with Gasteiger partial charge in [0.1, 0.15) is 12.6 Å². The molecule has 260 valence electrons. The average Bonchev–Trinajstić information content (AvgIpc) is 3.13. The number of amides is 3. The lowest BCUT2D eigenvalue weighted by Gasteiger charge is -2.23. The van der Waals surface area contributed by atoms with Gasteiger partial charge in [-0.3, -0.25) is 19.2 Å². The van der Waals surface area contributed by atoms with Crippen LogP contribution in [0, 0.1) is 11.8 Å². The van der Waals surface area contributed by atoms with E-state index in [4.69, 9.17) is 4.74 Å². The maximum absolute atomic E-state index is 13.7. The third-order valence-electron chi connectivity index (χ3n) is 8.32. The fraction of sp³-hybridized carbons (Fsp3) is 0.268. The number of carbonyl (C=O) groups is 4. The molecule has 4 aromatic rings. The molecule has 0 unspecified atom stereocenters. The van der Waals surface area contributed by atoms with Crippen LogP contribution in [0.1, 0.15) is 30.4 Å². The number of ether oxygens (including phenoxy) is 1. The molecule has 4 aromatic carbocycles. The van der Waals surface area contributed by atoms with Crippen molar-refractivity contribution in [3.8, 4) is 0 Å². The summed E-state index contributed by atoms with van der Waals surface area (Å²) >= 11 is 0. The Morgan fingerprint density at radius 2 is 1.30 bits per heavy atom. The molecule has 0 bridgehead atoms. The van der Waals surface area contributed by atoms with Gasteiger partial charge in [0.2, 0.25) is 11.8 Å². The van der Waals surface area contributed by atoms with Gasteiger partial charge in [-0.15, -0.1) is 13.2 Å². The van der Waals surface area contributed by atoms with Gasteiger partial charge >= 0.3 is 5.97 Å². The Hall–Kier alpha value is -5.54. The van der Waals surface area contributed by atoms with Crippen molar-refractivity contribution in [3.63, 3.8) is 0 Å². The van der Waals surface area contributed by atoms with Gasteiger partial charge in [0, 0.05) is 12.1 Å². The molecule has 3 amide bonds. The average molecular weight is 676 g/mol. The number of aliphatic hydroxyl groups excluding tert-OH is 1. The lowest BCUT2D eigenvalue weighted by Crippen LogP contribution is -2.50. The number of hydrogen-bond donors (Lipinski definition) is 4. The lowest BCUT2D eigenvalue weighted by molar-refractivity contribution is -0.150. The van der Waals surface area contributed by atoms with Gasteiger partial charge in [-0.1, -0.05) is 103 Å². The predicted octanol–water partition coefficient (Wildman–Crippen LogP) is 5.54. The number of rotatable bonds is 19. The van der Waals surface area contributed by atoms with E-state index in [1.54, 1.807) is 12.1 Å². The van der Waals surface area contributed by atoms with E-state index in [9.17, 15) is 24.3 Å². The van der Waals surface area contributed by atoms with Crippen molar-refractivity contribution in [2.24, 2.45) is 11.8 Å². The maximum Gasteiger partial charge on any atom is 0.309 e. The number of nitrogens with one attached hydrogen (secondary N) is 3. The second kappa shape index (κ2) is 19.5. The quantitative estimate of drug-likeness (QED) is 0.0762. The van der Waals surface area contributed by atoms with Crippen molar-refractivity contribution in [1.29, 1.82) is 0 Å². The summed E-state index contributed by atoms with van der Waals surface area (Å²) in [5, 5.41) is 20.2. The number of allylic oxidation sites excluding steroid dienone is 2. The topological polar surface area (TPSA) is 134 Å². The zero-order chi connectivity index (χ0) is 35.7. The Morgan fingerprint density at radius 1 is 0.700 bits per heavy atom. The van der Waals surface area contributed by atoms with Crippen LogP contribution in [-0.4, -0.2) is 54.1 Å². The number of hydrogen-bond acceptors (Lipinski definition) is 6. The van der Waals surface area contributed by atoms with Crippen LogP contribution in [0.25, 0.3) is 10.8 Å². The molecule has 0 heterocycles. The van der Waals surface area contributed by atoms with E-state index in [2.05, 4.69) is 29.1 Å². The maximum atomic E-state index is 13.7. The second-order valence-electron chi connectivity index (χ2n) is 12.2. The van der Waals surface area contributed by atoms with Crippen LogP contribution in [0.3, 0.4) is 0 Å². The zero-order valence-electron chi connectivity index (χ0n) is 28.1. The molecule has 0 radical (unpaired) electrons. The van der Waals surface area contributed by atoms with E-state index < -0.39 is 54.2 Å². The summed E-state index contributed by atoms with van der Waals surface area (Å²) in [5.41, 5.74) is 2.40. The molecule has 0 aromatic heterocycles.